The molecule has 3 N–H and O–H groups in total. The van der Waals surface area contributed by atoms with Gasteiger partial charge in [-0.1, -0.05) is 6.07 Å². The van der Waals surface area contributed by atoms with Gasteiger partial charge in [0.1, 0.15) is 0 Å². The molecule has 1 unspecified atom stereocenters. The highest BCUT2D eigenvalue weighted by Crippen LogP contribution is 2.16. The minimum atomic E-state index is -0.468. The van der Waals surface area contributed by atoms with Gasteiger partial charge in [-0.15, -0.1) is 0 Å². The number of likely N-dealkylation sites (tertiary alicyclic amines) is 1. The molecule has 128 valence electrons. The highest BCUT2D eigenvalue weighted by Gasteiger charge is 2.24. The fourth-order valence-corrected chi connectivity index (χ4v) is 3.10. The summed E-state index contributed by atoms with van der Waals surface area (Å²) in [7, 11) is 1.80. The second-order valence-corrected chi connectivity index (χ2v) is 6.47. The van der Waals surface area contributed by atoms with Gasteiger partial charge in [-0.05, 0) is 25.0 Å². The van der Waals surface area contributed by atoms with Crippen LogP contribution in [-0.2, 0) is 20.1 Å². The molecule has 2 aromatic heterocycles. The number of aromatic nitrogens is 3. The number of amides is 1. The maximum absolute atomic E-state index is 11.5. The summed E-state index contributed by atoms with van der Waals surface area (Å²) in [6.07, 6.45) is 4.85. The predicted molar refractivity (Wildman–Crippen MR) is 91.2 cm³/mol. The maximum atomic E-state index is 11.5. The number of hydrogen-bond donors (Lipinski definition) is 2. The van der Waals surface area contributed by atoms with Gasteiger partial charge in [0.05, 0.1) is 5.69 Å². The molecule has 0 bridgehead atoms. The van der Waals surface area contributed by atoms with Crippen LogP contribution < -0.4 is 11.1 Å². The van der Waals surface area contributed by atoms with Crippen molar-refractivity contribution < 1.29 is 4.79 Å². The molecular weight excluding hydrogens is 304 g/mol. The van der Waals surface area contributed by atoms with Crippen LogP contribution in [0, 0.1) is 6.92 Å². The van der Waals surface area contributed by atoms with Gasteiger partial charge < -0.3 is 11.1 Å². The average molecular weight is 328 g/mol. The van der Waals surface area contributed by atoms with Gasteiger partial charge in [-0.25, -0.2) is 0 Å². The minimum absolute atomic E-state index is 0.373. The van der Waals surface area contributed by atoms with Gasteiger partial charge in [0.2, 0.25) is 0 Å². The lowest BCUT2D eigenvalue weighted by Gasteiger charge is -2.16. The van der Waals surface area contributed by atoms with Gasteiger partial charge in [0.15, 0.2) is 5.69 Å². The van der Waals surface area contributed by atoms with Gasteiger partial charge in [0, 0.05) is 57.2 Å². The lowest BCUT2D eigenvalue weighted by atomic mass is 10.2. The topological polar surface area (TPSA) is 89.1 Å². The molecular formula is C17H24N6O. The number of nitrogens with one attached hydrogen (secondary N) is 1. The number of pyridine rings is 1. The third kappa shape index (κ3) is 3.98. The number of primary amides is 1. The Bertz CT molecular complexity index is 708. The summed E-state index contributed by atoms with van der Waals surface area (Å²) >= 11 is 0. The lowest BCUT2D eigenvalue weighted by Crippen LogP contribution is -2.32. The maximum Gasteiger partial charge on any atom is 0.269 e. The molecule has 24 heavy (non-hydrogen) atoms. The number of nitrogens with two attached hydrogens (primary N) is 1. The smallest absolute Gasteiger partial charge is 0.269 e. The van der Waals surface area contributed by atoms with E-state index in [-0.39, 0.29) is 0 Å². The number of carbonyl (C=O) groups is 1. The molecule has 1 atom stereocenters. The van der Waals surface area contributed by atoms with Crippen molar-refractivity contribution in [3.8, 4) is 0 Å². The van der Waals surface area contributed by atoms with Gasteiger partial charge in [-0.3, -0.25) is 19.4 Å². The first-order chi connectivity index (χ1) is 11.5. The SMILES string of the molecule is Cc1ccc(CNC2CCN(Cc3cn(C)nc3C(N)=O)C2)nc1. The normalized spacial score (nSPS) is 18.2. The van der Waals surface area contributed by atoms with Crippen LogP contribution in [0.1, 0.15) is 33.7 Å². The number of carbonyl (C=O) groups excluding carboxylic acids is 1. The summed E-state index contributed by atoms with van der Waals surface area (Å²) in [4.78, 5) is 18.2. The lowest BCUT2D eigenvalue weighted by molar-refractivity contribution is 0.0993. The van der Waals surface area contributed by atoms with Crippen LogP contribution in [0.5, 0.6) is 0 Å². The molecule has 3 rings (SSSR count). The molecule has 1 aliphatic heterocycles. The number of hydrogen-bond acceptors (Lipinski definition) is 5. The Balaban J connectivity index is 1.52. The predicted octanol–water partition coefficient (Wildman–Crippen LogP) is 0.587. The van der Waals surface area contributed by atoms with Gasteiger partial charge in [0.25, 0.3) is 5.91 Å². The van der Waals surface area contributed by atoms with Crippen molar-refractivity contribution in [3.63, 3.8) is 0 Å². The van der Waals surface area contributed by atoms with Crippen LogP contribution in [0.2, 0.25) is 0 Å². The largest absolute Gasteiger partial charge is 0.364 e. The molecule has 0 aromatic carbocycles. The zero-order valence-electron chi connectivity index (χ0n) is 14.2. The molecule has 1 amide bonds. The summed E-state index contributed by atoms with van der Waals surface area (Å²) in [5, 5.41) is 7.70. The Morgan fingerprint density at radius 1 is 1.46 bits per heavy atom. The van der Waals surface area contributed by atoms with E-state index in [1.807, 2.05) is 19.3 Å². The van der Waals surface area contributed by atoms with E-state index in [1.54, 1.807) is 11.7 Å². The number of nitrogens with zero attached hydrogens (tertiary/aromatic N) is 4. The van der Waals surface area contributed by atoms with Crippen LogP contribution in [0.3, 0.4) is 0 Å². The summed E-state index contributed by atoms with van der Waals surface area (Å²) in [5.41, 5.74) is 8.90. The van der Waals surface area contributed by atoms with Crippen molar-refractivity contribution in [2.24, 2.45) is 12.8 Å². The number of rotatable bonds is 6. The molecule has 0 aliphatic carbocycles. The van der Waals surface area contributed by atoms with E-state index in [4.69, 9.17) is 5.73 Å². The fraction of sp³-hybridized carbons (Fsp3) is 0.471. The van der Waals surface area contributed by atoms with Crippen molar-refractivity contribution in [1.82, 2.24) is 25.0 Å². The molecule has 0 radical (unpaired) electrons. The van der Waals surface area contributed by atoms with Crippen LogP contribution in [0.15, 0.2) is 24.5 Å². The van der Waals surface area contributed by atoms with Crippen molar-refractivity contribution in [3.05, 3.63) is 47.0 Å². The van der Waals surface area contributed by atoms with Crippen LogP contribution in [0.4, 0.5) is 0 Å². The van der Waals surface area contributed by atoms with Crippen LogP contribution in [-0.4, -0.2) is 44.7 Å². The molecule has 1 aliphatic rings. The Morgan fingerprint density at radius 2 is 2.29 bits per heavy atom. The first-order valence-corrected chi connectivity index (χ1v) is 8.21. The Morgan fingerprint density at radius 3 is 3.00 bits per heavy atom. The monoisotopic (exact) mass is 328 g/mol. The Labute approximate surface area is 141 Å². The molecule has 2 aromatic rings. The summed E-state index contributed by atoms with van der Waals surface area (Å²) in [5.74, 6) is -0.468. The second kappa shape index (κ2) is 7.11. The van der Waals surface area contributed by atoms with Crippen LogP contribution in [0.25, 0.3) is 0 Å². The second-order valence-electron chi connectivity index (χ2n) is 6.47. The molecule has 7 heteroatoms. The molecule has 0 spiro atoms. The van der Waals surface area contributed by atoms with E-state index in [0.717, 1.165) is 37.3 Å². The van der Waals surface area contributed by atoms with E-state index in [0.29, 0.717) is 18.3 Å². The van der Waals surface area contributed by atoms with E-state index in [1.165, 1.54) is 5.56 Å². The Hall–Kier alpha value is -2.25. The van der Waals surface area contributed by atoms with E-state index in [2.05, 4.69) is 32.4 Å². The highest BCUT2D eigenvalue weighted by molar-refractivity contribution is 5.92. The third-order valence-electron chi connectivity index (χ3n) is 4.35. The van der Waals surface area contributed by atoms with Crippen molar-refractivity contribution in [2.75, 3.05) is 13.1 Å². The van der Waals surface area contributed by atoms with Crippen LogP contribution >= 0.6 is 0 Å². The zero-order chi connectivity index (χ0) is 17.1. The number of aryl methyl sites for hydroxylation is 2. The Kier molecular flexibility index (Phi) is 4.92. The molecule has 0 saturated carbocycles. The first kappa shape index (κ1) is 16.6. The fourth-order valence-electron chi connectivity index (χ4n) is 3.10. The van der Waals surface area contributed by atoms with Gasteiger partial charge in [-0.2, -0.15) is 5.10 Å². The quantitative estimate of drug-likeness (QED) is 0.810. The molecule has 1 saturated heterocycles. The summed E-state index contributed by atoms with van der Waals surface area (Å²) in [6.45, 7) is 5.45. The molecule has 1 fully saturated rings. The molecule has 7 nitrogen and oxygen atoms in total. The van der Waals surface area contributed by atoms with E-state index in [9.17, 15) is 4.79 Å². The summed E-state index contributed by atoms with van der Waals surface area (Å²) in [6, 6.07) is 4.57. The van der Waals surface area contributed by atoms with Crippen molar-refractivity contribution >= 4 is 5.91 Å². The van der Waals surface area contributed by atoms with E-state index < -0.39 is 5.91 Å². The van der Waals surface area contributed by atoms with E-state index >= 15 is 0 Å². The third-order valence-corrected chi connectivity index (χ3v) is 4.35. The molecule has 3 heterocycles. The van der Waals surface area contributed by atoms with Gasteiger partial charge >= 0.3 is 0 Å². The zero-order valence-corrected chi connectivity index (χ0v) is 14.2. The summed E-state index contributed by atoms with van der Waals surface area (Å²) < 4.78 is 1.64. The minimum Gasteiger partial charge on any atom is -0.364 e. The van der Waals surface area contributed by atoms with Crippen molar-refractivity contribution in [1.29, 1.82) is 0 Å². The average Bonchev–Trinajstić information content (AvgIpc) is 3.14. The van der Waals surface area contributed by atoms with Crippen molar-refractivity contribution in [2.45, 2.75) is 32.5 Å². The highest BCUT2D eigenvalue weighted by atomic mass is 16.1. The first-order valence-electron chi connectivity index (χ1n) is 8.21. The standard InChI is InChI=1S/C17H24N6O/c1-12-3-4-14(19-7-12)8-20-15-5-6-23(11-15)10-13-9-22(2)21-16(13)17(18)24/h3-4,7,9,15,20H,5-6,8,10-11H2,1-2H3,(H2,18,24).